The van der Waals surface area contributed by atoms with E-state index in [0.717, 1.165) is 5.75 Å². The van der Waals surface area contributed by atoms with Gasteiger partial charge in [-0.3, -0.25) is 9.59 Å². The van der Waals surface area contributed by atoms with Crippen LogP contribution in [-0.2, 0) is 19.6 Å². The minimum atomic E-state index is -3.79. The van der Waals surface area contributed by atoms with E-state index in [1.165, 1.54) is 24.3 Å². The Morgan fingerprint density at radius 3 is 2.39 bits per heavy atom. The summed E-state index contributed by atoms with van der Waals surface area (Å²) in [7, 11) is -3.79. The lowest BCUT2D eigenvalue weighted by molar-refractivity contribution is -0.122. The second-order valence-electron chi connectivity index (χ2n) is 6.39. The van der Waals surface area contributed by atoms with Crippen LogP contribution in [0.4, 0.5) is 11.4 Å². The third-order valence-corrected chi connectivity index (χ3v) is 5.33. The van der Waals surface area contributed by atoms with E-state index < -0.39 is 15.9 Å². The summed E-state index contributed by atoms with van der Waals surface area (Å²) in [5.74, 6) is -0.217. The summed E-state index contributed by atoms with van der Waals surface area (Å²) >= 11 is 0. The van der Waals surface area contributed by atoms with E-state index in [0.29, 0.717) is 18.0 Å². The second-order valence-corrected chi connectivity index (χ2v) is 7.95. The molecule has 8 nitrogen and oxygen atoms in total. The van der Waals surface area contributed by atoms with Crippen LogP contribution in [0.2, 0.25) is 0 Å². The zero-order chi connectivity index (χ0) is 20.3. The normalized spacial score (nSPS) is 16.9. The van der Waals surface area contributed by atoms with Gasteiger partial charge in [-0.25, -0.2) is 13.6 Å². The molecule has 1 aliphatic rings. The van der Waals surface area contributed by atoms with Crippen LogP contribution in [0.3, 0.4) is 0 Å². The molecule has 2 amide bonds. The van der Waals surface area contributed by atoms with E-state index >= 15 is 0 Å². The molecule has 1 saturated heterocycles. The molecule has 0 unspecified atom stereocenters. The van der Waals surface area contributed by atoms with Crippen molar-refractivity contribution in [2.75, 3.05) is 23.4 Å². The number of primary sulfonamides is 1. The molecule has 28 heavy (non-hydrogen) atoms. The summed E-state index contributed by atoms with van der Waals surface area (Å²) in [6.45, 7) is 2.72. The molecule has 2 aromatic rings. The van der Waals surface area contributed by atoms with E-state index in [2.05, 4.69) is 5.32 Å². The highest BCUT2D eigenvalue weighted by Crippen LogP contribution is 2.27. The minimum Gasteiger partial charge on any atom is -0.494 e. The van der Waals surface area contributed by atoms with Crippen molar-refractivity contribution in [2.24, 2.45) is 11.1 Å². The fourth-order valence-corrected chi connectivity index (χ4v) is 3.51. The summed E-state index contributed by atoms with van der Waals surface area (Å²) in [5, 5.41) is 7.76. The Morgan fingerprint density at radius 1 is 1.18 bits per heavy atom. The van der Waals surface area contributed by atoms with Crippen molar-refractivity contribution in [3.05, 3.63) is 48.5 Å². The van der Waals surface area contributed by atoms with Crippen LogP contribution >= 0.6 is 0 Å². The highest BCUT2D eigenvalue weighted by atomic mass is 32.2. The second kappa shape index (κ2) is 7.99. The number of hydrogen-bond acceptors (Lipinski definition) is 5. The Bertz CT molecular complexity index is 972. The molecule has 1 atom stereocenters. The Balaban J connectivity index is 1.65. The smallest absolute Gasteiger partial charge is 0.238 e. The van der Waals surface area contributed by atoms with Gasteiger partial charge in [0.15, 0.2) is 0 Å². The molecule has 3 rings (SSSR count). The lowest BCUT2D eigenvalue weighted by atomic mass is 10.1. The molecule has 0 aromatic heterocycles. The maximum Gasteiger partial charge on any atom is 0.238 e. The SMILES string of the molecule is CCOc1ccc(N2C[C@@H](C(=O)Nc3ccc(S(N)(=O)=O)cc3)CC2=O)cc1. The van der Waals surface area contributed by atoms with E-state index in [1.54, 1.807) is 29.2 Å². The molecule has 148 valence electrons. The molecule has 2 aromatic carbocycles. The van der Waals surface area contributed by atoms with E-state index in [1.807, 2.05) is 6.92 Å². The van der Waals surface area contributed by atoms with Crippen molar-refractivity contribution in [1.29, 1.82) is 0 Å². The van der Waals surface area contributed by atoms with Gasteiger partial charge in [0, 0.05) is 24.3 Å². The van der Waals surface area contributed by atoms with Gasteiger partial charge in [0.25, 0.3) is 0 Å². The average Bonchev–Trinajstić information content (AvgIpc) is 3.04. The first-order valence-corrected chi connectivity index (χ1v) is 10.3. The molecule has 0 radical (unpaired) electrons. The van der Waals surface area contributed by atoms with Gasteiger partial charge in [-0.15, -0.1) is 0 Å². The van der Waals surface area contributed by atoms with Gasteiger partial charge in [0.05, 0.1) is 17.4 Å². The Kier molecular flexibility index (Phi) is 5.66. The van der Waals surface area contributed by atoms with Gasteiger partial charge < -0.3 is 15.0 Å². The standard InChI is InChI=1S/C19H21N3O5S/c1-2-27-16-7-5-15(6-8-16)22-12-13(11-18(22)23)19(24)21-14-3-9-17(10-4-14)28(20,25)26/h3-10,13H,2,11-12H2,1H3,(H,21,24)(H2,20,25,26)/t13-/m0/s1. The number of ether oxygens (including phenoxy) is 1. The third kappa shape index (κ3) is 4.49. The van der Waals surface area contributed by atoms with Crippen LogP contribution in [0.1, 0.15) is 13.3 Å². The summed E-state index contributed by atoms with van der Waals surface area (Å²) in [6, 6.07) is 12.7. The fourth-order valence-electron chi connectivity index (χ4n) is 2.99. The molecule has 9 heteroatoms. The first-order valence-electron chi connectivity index (χ1n) is 8.75. The number of rotatable bonds is 6. The minimum absolute atomic E-state index is 0.0387. The fraction of sp³-hybridized carbons (Fsp3) is 0.263. The van der Waals surface area contributed by atoms with Gasteiger partial charge in [-0.05, 0) is 55.5 Å². The van der Waals surface area contributed by atoms with Gasteiger partial charge in [0.2, 0.25) is 21.8 Å². The topological polar surface area (TPSA) is 119 Å². The maximum absolute atomic E-state index is 12.5. The molecule has 1 fully saturated rings. The number of benzene rings is 2. The van der Waals surface area contributed by atoms with Crippen molar-refractivity contribution in [3.63, 3.8) is 0 Å². The Labute approximate surface area is 163 Å². The predicted octanol–water partition coefficient (Wildman–Crippen LogP) is 1.72. The molecule has 1 aliphatic heterocycles. The number of carbonyl (C=O) groups excluding carboxylic acids is 2. The van der Waals surface area contributed by atoms with Crippen LogP contribution in [0.15, 0.2) is 53.4 Å². The van der Waals surface area contributed by atoms with Crippen molar-refractivity contribution in [1.82, 2.24) is 0 Å². The number of anilines is 2. The first kappa shape index (κ1) is 19.8. The Hall–Kier alpha value is -2.91. The van der Waals surface area contributed by atoms with Gasteiger partial charge >= 0.3 is 0 Å². The number of nitrogens with one attached hydrogen (secondary N) is 1. The van der Waals surface area contributed by atoms with Crippen molar-refractivity contribution < 1.29 is 22.7 Å². The summed E-state index contributed by atoms with van der Waals surface area (Å²) in [6.07, 6.45) is 0.105. The number of carbonyl (C=O) groups is 2. The number of sulfonamides is 1. The number of nitrogens with zero attached hydrogens (tertiary/aromatic N) is 1. The van der Waals surface area contributed by atoms with Crippen LogP contribution < -0.4 is 20.1 Å². The van der Waals surface area contributed by atoms with E-state index in [-0.39, 0.29) is 29.7 Å². The van der Waals surface area contributed by atoms with E-state index in [4.69, 9.17) is 9.88 Å². The molecule has 3 N–H and O–H groups in total. The molecular formula is C19H21N3O5S. The zero-order valence-corrected chi connectivity index (χ0v) is 16.1. The van der Waals surface area contributed by atoms with Crippen LogP contribution in [-0.4, -0.2) is 33.4 Å². The monoisotopic (exact) mass is 403 g/mol. The zero-order valence-electron chi connectivity index (χ0n) is 15.3. The van der Waals surface area contributed by atoms with Gasteiger partial charge in [0.1, 0.15) is 5.75 Å². The lowest BCUT2D eigenvalue weighted by Gasteiger charge is -2.17. The molecule has 0 aliphatic carbocycles. The van der Waals surface area contributed by atoms with Crippen LogP contribution in [0.25, 0.3) is 0 Å². The summed E-state index contributed by atoms with van der Waals surface area (Å²) in [5.41, 5.74) is 1.14. The first-order chi connectivity index (χ1) is 13.3. The van der Waals surface area contributed by atoms with E-state index in [9.17, 15) is 18.0 Å². The van der Waals surface area contributed by atoms with Crippen molar-refractivity contribution in [3.8, 4) is 5.75 Å². The number of hydrogen-bond donors (Lipinski definition) is 2. The molecule has 0 saturated carbocycles. The largest absolute Gasteiger partial charge is 0.494 e. The number of nitrogens with two attached hydrogens (primary N) is 1. The van der Waals surface area contributed by atoms with Crippen molar-refractivity contribution in [2.45, 2.75) is 18.2 Å². The van der Waals surface area contributed by atoms with Crippen molar-refractivity contribution >= 4 is 33.2 Å². The third-order valence-electron chi connectivity index (χ3n) is 4.41. The quantitative estimate of drug-likeness (QED) is 0.761. The highest BCUT2D eigenvalue weighted by Gasteiger charge is 2.35. The molecule has 1 heterocycles. The average molecular weight is 403 g/mol. The van der Waals surface area contributed by atoms with Crippen LogP contribution in [0.5, 0.6) is 5.75 Å². The maximum atomic E-state index is 12.5. The number of amides is 2. The highest BCUT2D eigenvalue weighted by molar-refractivity contribution is 7.89. The summed E-state index contributed by atoms with van der Waals surface area (Å²) in [4.78, 5) is 26.4. The lowest BCUT2D eigenvalue weighted by Crippen LogP contribution is -2.28. The Morgan fingerprint density at radius 2 is 1.82 bits per heavy atom. The summed E-state index contributed by atoms with van der Waals surface area (Å²) < 4.78 is 28.0. The van der Waals surface area contributed by atoms with Gasteiger partial charge in [-0.1, -0.05) is 0 Å². The predicted molar refractivity (Wildman–Crippen MR) is 105 cm³/mol. The van der Waals surface area contributed by atoms with Crippen LogP contribution in [0, 0.1) is 5.92 Å². The molecular weight excluding hydrogens is 382 g/mol. The molecule has 0 bridgehead atoms. The van der Waals surface area contributed by atoms with Gasteiger partial charge in [-0.2, -0.15) is 0 Å². The molecule has 0 spiro atoms.